The predicted octanol–water partition coefficient (Wildman–Crippen LogP) is 2.78. The van der Waals surface area contributed by atoms with E-state index in [1.165, 1.54) is 10.9 Å². The van der Waals surface area contributed by atoms with Crippen LogP contribution in [0.15, 0.2) is 41.5 Å². The van der Waals surface area contributed by atoms with Gasteiger partial charge in [0.2, 0.25) is 5.91 Å². The molecule has 0 spiro atoms. The standard InChI is InChI=1S/C20H29N5O.HI/c1-3-21-20(25-15-13-23(14-16-25)17(2)26)22-10-6-11-24-12-9-18-7-4-5-8-19(18)24;/h4-5,7-9,12H,3,6,10-11,13-16H2,1-2H3,(H,21,22);1H. The van der Waals surface area contributed by atoms with E-state index in [0.717, 1.165) is 58.2 Å². The molecule has 1 aliphatic rings. The molecule has 1 amide bonds. The van der Waals surface area contributed by atoms with Gasteiger partial charge in [0, 0.05) is 64.5 Å². The number of hydrogen-bond acceptors (Lipinski definition) is 2. The molecule has 0 unspecified atom stereocenters. The van der Waals surface area contributed by atoms with Crippen molar-refractivity contribution in [3.05, 3.63) is 36.5 Å². The summed E-state index contributed by atoms with van der Waals surface area (Å²) in [7, 11) is 0. The molecule has 0 bridgehead atoms. The number of aryl methyl sites for hydroxylation is 1. The van der Waals surface area contributed by atoms with Crippen LogP contribution in [0.25, 0.3) is 10.9 Å². The number of rotatable bonds is 5. The Labute approximate surface area is 178 Å². The summed E-state index contributed by atoms with van der Waals surface area (Å²) in [6.07, 6.45) is 3.15. The van der Waals surface area contributed by atoms with Gasteiger partial charge in [-0.05, 0) is 30.9 Å². The molecule has 0 aliphatic carbocycles. The van der Waals surface area contributed by atoms with Crippen molar-refractivity contribution >= 4 is 46.7 Å². The molecule has 0 atom stereocenters. The van der Waals surface area contributed by atoms with Crippen molar-refractivity contribution in [2.45, 2.75) is 26.8 Å². The number of benzene rings is 1. The lowest BCUT2D eigenvalue weighted by atomic mass is 10.2. The number of halogens is 1. The number of piperazine rings is 1. The average molecular weight is 483 g/mol. The highest BCUT2D eigenvalue weighted by atomic mass is 127. The number of carbonyl (C=O) groups excluding carboxylic acids is 1. The summed E-state index contributed by atoms with van der Waals surface area (Å²) >= 11 is 0. The average Bonchev–Trinajstić information content (AvgIpc) is 3.07. The quantitative estimate of drug-likeness (QED) is 0.308. The maximum Gasteiger partial charge on any atom is 0.219 e. The van der Waals surface area contributed by atoms with Crippen molar-refractivity contribution in [3.63, 3.8) is 0 Å². The van der Waals surface area contributed by atoms with Gasteiger partial charge in [-0.2, -0.15) is 0 Å². The fraction of sp³-hybridized carbons (Fsp3) is 0.500. The first-order valence-electron chi connectivity index (χ1n) is 9.51. The summed E-state index contributed by atoms with van der Waals surface area (Å²) in [6.45, 7) is 9.57. The lowest BCUT2D eigenvalue weighted by Crippen LogP contribution is -2.53. The van der Waals surface area contributed by atoms with Gasteiger partial charge in [0.25, 0.3) is 0 Å². The van der Waals surface area contributed by atoms with E-state index in [2.05, 4.69) is 58.2 Å². The van der Waals surface area contributed by atoms with Gasteiger partial charge in [0.05, 0.1) is 0 Å². The van der Waals surface area contributed by atoms with Crippen molar-refractivity contribution < 1.29 is 4.79 Å². The number of nitrogens with zero attached hydrogens (tertiary/aromatic N) is 4. The maximum absolute atomic E-state index is 11.5. The van der Waals surface area contributed by atoms with Gasteiger partial charge in [0.1, 0.15) is 0 Å². The van der Waals surface area contributed by atoms with Gasteiger partial charge in [-0.25, -0.2) is 0 Å². The van der Waals surface area contributed by atoms with Gasteiger partial charge in [-0.1, -0.05) is 18.2 Å². The Kier molecular flexibility index (Phi) is 8.40. The van der Waals surface area contributed by atoms with E-state index in [1.54, 1.807) is 6.92 Å². The number of guanidine groups is 1. The monoisotopic (exact) mass is 483 g/mol. The van der Waals surface area contributed by atoms with Crippen LogP contribution in [0.3, 0.4) is 0 Å². The topological polar surface area (TPSA) is 52.9 Å². The number of fused-ring (bicyclic) bond motifs is 1. The third-order valence-corrected chi connectivity index (χ3v) is 4.86. The van der Waals surface area contributed by atoms with Crippen LogP contribution in [0.5, 0.6) is 0 Å². The molecule has 0 radical (unpaired) electrons. The number of hydrogen-bond donors (Lipinski definition) is 1. The van der Waals surface area contributed by atoms with Crippen LogP contribution in [-0.4, -0.2) is 65.5 Å². The Morgan fingerprint density at radius 1 is 1.11 bits per heavy atom. The molecule has 1 fully saturated rings. The van der Waals surface area contributed by atoms with Crippen molar-refractivity contribution in [2.24, 2.45) is 4.99 Å². The third kappa shape index (κ3) is 5.60. The molecule has 7 heteroatoms. The summed E-state index contributed by atoms with van der Waals surface area (Å²) in [5.74, 6) is 1.12. The molecule has 2 aromatic rings. The fourth-order valence-electron chi connectivity index (χ4n) is 3.42. The van der Waals surface area contributed by atoms with Crippen molar-refractivity contribution in [1.82, 2.24) is 19.7 Å². The molecule has 1 N–H and O–H groups in total. The van der Waals surface area contributed by atoms with Crippen molar-refractivity contribution in [3.8, 4) is 0 Å². The number of amides is 1. The molecule has 1 aromatic carbocycles. The summed E-state index contributed by atoms with van der Waals surface area (Å²) in [5.41, 5.74) is 1.28. The summed E-state index contributed by atoms with van der Waals surface area (Å²) < 4.78 is 2.30. The zero-order valence-electron chi connectivity index (χ0n) is 16.2. The highest BCUT2D eigenvalue weighted by molar-refractivity contribution is 14.0. The lowest BCUT2D eigenvalue weighted by Gasteiger charge is -2.36. The first kappa shape index (κ1) is 21.5. The third-order valence-electron chi connectivity index (χ3n) is 4.86. The first-order valence-corrected chi connectivity index (χ1v) is 9.51. The van der Waals surface area contributed by atoms with Crippen molar-refractivity contribution in [2.75, 3.05) is 39.3 Å². The number of aliphatic imine (C=N–C) groups is 1. The SMILES string of the molecule is CCNC(=NCCCn1ccc2ccccc21)N1CCN(C(C)=O)CC1.I. The highest BCUT2D eigenvalue weighted by Gasteiger charge is 2.20. The van der Waals surface area contributed by atoms with E-state index in [4.69, 9.17) is 4.99 Å². The van der Waals surface area contributed by atoms with Crippen LogP contribution in [0, 0.1) is 0 Å². The van der Waals surface area contributed by atoms with E-state index in [9.17, 15) is 4.79 Å². The molecule has 6 nitrogen and oxygen atoms in total. The molecule has 1 aromatic heterocycles. The van der Waals surface area contributed by atoms with Gasteiger partial charge in [0.15, 0.2) is 5.96 Å². The summed E-state index contributed by atoms with van der Waals surface area (Å²) in [6, 6.07) is 10.6. The largest absolute Gasteiger partial charge is 0.357 e. The van der Waals surface area contributed by atoms with Crippen LogP contribution in [0.4, 0.5) is 0 Å². The Hall–Kier alpha value is -1.77. The van der Waals surface area contributed by atoms with Gasteiger partial charge < -0.3 is 19.7 Å². The van der Waals surface area contributed by atoms with E-state index >= 15 is 0 Å². The second-order valence-corrected chi connectivity index (χ2v) is 6.65. The number of aromatic nitrogens is 1. The van der Waals surface area contributed by atoms with Gasteiger partial charge >= 0.3 is 0 Å². The van der Waals surface area contributed by atoms with Gasteiger partial charge in [-0.15, -0.1) is 24.0 Å². The first-order chi connectivity index (χ1) is 12.7. The Bertz CT molecular complexity index is 765. The molecule has 2 heterocycles. The van der Waals surface area contributed by atoms with Crippen molar-refractivity contribution in [1.29, 1.82) is 0 Å². The zero-order chi connectivity index (χ0) is 18.4. The molecule has 1 aliphatic heterocycles. The molecule has 0 saturated carbocycles. The smallest absolute Gasteiger partial charge is 0.219 e. The predicted molar refractivity (Wildman–Crippen MR) is 122 cm³/mol. The minimum atomic E-state index is 0. The zero-order valence-corrected chi connectivity index (χ0v) is 18.6. The van der Waals surface area contributed by atoms with E-state index < -0.39 is 0 Å². The fourth-order valence-corrected chi connectivity index (χ4v) is 3.42. The van der Waals surface area contributed by atoms with E-state index in [1.807, 2.05) is 4.90 Å². The van der Waals surface area contributed by atoms with Crippen LogP contribution >= 0.6 is 24.0 Å². The van der Waals surface area contributed by atoms with Crippen LogP contribution < -0.4 is 5.32 Å². The maximum atomic E-state index is 11.5. The molecule has 1 saturated heterocycles. The Morgan fingerprint density at radius 3 is 2.52 bits per heavy atom. The second kappa shape index (κ2) is 10.5. The highest BCUT2D eigenvalue weighted by Crippen LogP contribution is 2.15. The minimum Gasteiger partial charge on any atom is -0.357 e. The summed E-state index contributed by atoms with van der Waals surface area (Å²) in [5, 5.41) is 4.67. The van der Waals surface area contributed by atoms with Gasteiger partial charge in [-0.3, -0.25) is 9.79 Å². The molecule has 148 valence electrons. The van der Waals surface area contributed by atoms with Crippen LogP contribution in [-0.2, 0) is 11.3 Å². The normalized spacial score (nSPS) is 15.0. The Morgan fingerprint density at radius 2 is 1.81 bits per heavy atom. The summed E-state index contributed by atoms with van der Waals surface area (Å²) in [4.78, 5) is 20.4. The van der Waals surface area contributed by atoms with E-state index in [0.29, 0.717) is 0 Å². The minimum absolute atomic E-state index is 0. The van der Waals surface area contributed by atoms with E-state index in [-0.39, 0.29) is 29.9 Å². The molecular formula is C20H30IN5O. The Balaban J connectivity index is 0.00000261. The van der Waals surface area contributed by atoms with Crippen LogP contribution in [0.2, 0.25) is 0 Å². The number of nitrogens with one attached hydrogen (secondary N) is 1. The second-order valence-electron chi connectivity index (χ2n) is 6.65. The number of carbonyl (C=O) groups is 1. The lowest BCUT2D eigenvalue weighted by molar-refractivity contribution is -0.130. The molecule has 3 rings (SSSR count). The molecular weight excluding hydrogens is 453 g/mol. The number of para-hydroxylation sites is 1. The van der Waals surface area contributed by atoms with Crippen LogP contribution in [0.1, 0.15) is 20.3 Å². The molecule has 27 heavy (non-hydrogen) atoms.